The lowest BCUT2D eigenvalue weighted by atomic mass is 10.2. The van der Waals surface area contributed by atoms with Crippen LogP contribution in [0.1, 0.15) is 26.2 Å². The van der Waals surface area contributed by atoms with Crippen molar-refractivity contribution in [2.75, 3.05) is 12.9 Å². The predicted molar refractivity (Wildman–Crippen MR) is 63.2 cm³/mol. The summed E-state index contributed by atoms with van der Waals surface area (Å²) in [6.07, 6.45) is 4.80. The highest BCUT2D eigenvalue weighted by Crippen LogP contribution is 2.31. The predicted octanol–water partition coefficient (Wildman–Crippen LogP) is 4.26. The highest BCUT2D eigenvalue weighted by atomic mass is 32.2. The van der Waals surface area contributed by atoms with E-state index in [-0.39, 0.29) is 5.75 Å². The van der Waals surface area contributed by atoms with Gasteiger partial charge in [0.05, 0.1) is 11.5 Å². The molecule has 0 aliphatic carbocycles. The van der Waals surface area contributed by atoms with Gasteiger partial charge in [0.2, 0.25) is 0 Å². The zero-order valence-electron chi connectivity index (χ0n) is 9.56. The van der Waals surface area contributed by atoms with Crippen molar-refractivity contribution in [2.45, 2.75) is 31.1 Å². The number of thioether (sulfide) groups is 1. The molecule has 0 aliphatic rings. The number of benzene rings is 1. The molecule has 0 saturated carbocycles. The Morgan fingerprint density at radius 2 is 2.00 bits per heavy atom. The van der Waals surface area contributed by atoms with E-state index in [2.05, 4.69) is 6.92 Å². The smallest absolute Gasteiger partial charge is 0.169 e. The molecule has 1 aromatic carbocycles. The highest BCUT2D eigenvalue weighted by molar-refractivity contribution is 7.98. The van der Waals surface area contributed by atoms with Crippen LogP contribution in [0.15, 0.2) is 17.0 Å². The molecule has 16 heavy (non-hydrogen) atoms. The van der Waals surface area contributed by atoms with Crippen molar-refractivity contribution in [3.05, 3.63) is 23.8 Å². The first-order valence-electron chi connectivity index (χ1n) is 5.34. The second kappa shape index (κ2) is 6.74. The standard InChI is InChI=1S/C12H16F2OS/c1-3-4-5-6-15-12-10(14)7-9(13)8-11(12)16-2/h7-8H,3-6H2,1-2H3. The molecule has 0 N–H and O–H groups in total. The number of halogens is 2. The zero-order valence-corrected chi connectivity index (χ0v) is 10.4. The lowest BCUT2D eigenvalue weighted by Crippen LogP contribution is -2.01. The fourth-order valence-electron chi connectivity index (χ4n) is 1.35. The molecular formula is C12H16F2OS. The lowest BCUT2D eigenvalue weighted by Gasteiger charge is -2.10. The maximum atomic E-state index is 13.4. The third-order valence-electron chi connectivity index (χ3n) is 2.19. The first-order chi connectivity index (χ1) is 7.69. The Morgan fingerprint density at radius 1 is 1.25 bits per heavy atom. The number of hydrogen-bond donors (Lipinski definition) is 0. The molecule has 1 rings (SSSR count). The molecule has 0 radical (unpaired) electrons. The topological polar surface area (TPSA) is 9.23 Å². The fourth-order valence-corrected chi connectivity index (χ4v) is 1.93. The van der Waals surface area contributed by atoms with Crippen molar-refractivity contribution in [3.63, 3.8) is 0 Å². The van der Waals surface area contributed by atoms with Crippen LogP contribution in [0.25, 0.3) is 0 Å². The van der Waals surface area contributed by atoms with Crippen LogP contribution < -0.4 is 4.74 Å². The van der Waals surface area contributed by atoms with Crippen LogP contribution in [0.5, 0.6) is 5.75 Å². The molecule has 90 valence electrons. The van der Waals surface area contributed by atoms with Crippen LogP contribution in [-0.4, -0.2) is 12.9 Å². The minimum absolute atomic E-state index is 0.171. The van der Waals surface area contributed by atoms with Crippen molar-refractivity contribution in [2.24, 2.45) is 0 Å². The van der Waals surface area contributed by atoms with Crippen LogP contribution in [0.2, 0.25) is 0 Å². The molecule has 1 aromatic rings. The van der Waals surface area contributed by atoms with Gasteiger partial charge in [-0.15, -0.1) is 11.8 Å². The van der Waals surface area contributed by atoms with E-state index in [9.17, 15) is 8.78 Å². The molecule has 0 heterocycles. The molecule has 0 amide bonds. The second-order valence-electron chi connectivity index (χ2n) is 3.47. The summed E-state index contributed by atoms with van der Waals surface area (Å²) in [6.45, 7) is 2.57. The SMILES string of the molecule is CCCCCOc1c(F)cc(F)cc1SC. The third-order valence-corrected chi connectivity index (χ3v) is 2.93. The maximum absolute atomic E-state index is 13.4. The number of unbranched alkanes of at least 4 members (excludes halogenated alkanes) is 2. The molecular weight excluding hydrogens is 230 g/mol. The average Bonchev–Trinajstić information content (AvgIpc) is 2.26. The van der Waals surface area contributed by atoms with Crippen molar-refractivity contribution in [1.82, 2.24) is 0 Å². The summed E-state index contributed by atoms with van der Waals surface area (Å²) in [5, 5.41) is 0. The number of rotatable bonds is 6. The van der Waals surface area contributed by atoms with Crippen LogP contribution >= 0.6 is 11.8 Å². The Hall–Kier alpha value is -0.770. The van der Waals surface area contributed by atoms with E-state index in [1.807, 2.05) is 0 Å². The van der Waals surface area contributed by atoms with Gasteiger partial charge < -0.3 is 4.74 Å². The first-order valence-corrected chi connectivity index (χ1v) is 6.57. The first kappa shape index (κ1) is 13.3. The van der Waals surface area contributed by atoms with Gasteiger partial charge in [0, 0.05) is 6.07 Å². The van der Waals surface area contributed by atoms with Crippen LogP contribution in [0.4, 0.5) is 8.78 Å². The monoisotopic (exact) mass is 246 g/mol. The third kappa shape index (κ3) is 3.67. The van der Waals surface area contributed by atoms with E-state index in [4.69, 9.17) is 4.74 Å². The minimum Gasteiger partial charge on any atom is -0.489 e. The van der Waals surface area contributed by atoms with Crippen molar-refractivity contribution in [3.8, 4) is 5.75 Å². The van der Waals surface area contributed by atoms with Gasteiger partial charge in [-0.25, -0.2) is 8.78 Å². The van der Waals surface area contributed by atoms with E-state index in [0.29, 0.717) is 11.5 Å². The van der Waals surface area contributed by atoms with E-state index < -0.39 is 11.6 Å². The lowest BCUT2D eigenvalue weighted by molar-refractivity contribution is 0.283. The minimum atomic E-state index is -0.624. The summed E-state index contributed by atoms with van der Waals surface area (Å²) in [7, 11) is 0. The van der Waals surface area contributed by atoms with Gasteiger partial charge in [-0.3, -0.25) is 0 Å². The largest absolute Gasteiger partial charge is 0.489 e. The average molecular weight is 246 g/mol. The number of ether oxygens (including phenoxy) is 1. The Bertz CT molecular complexity index is 342. The van der Waals surface area contributed by atoms with Gasteiger partial charge in [-0.1, -0.05) is 19.8 Å². The van der Waals surface area contributed by atoms with Gasteiger partial charge in [0.15, 0.2) is 11.6 Å². The molecule has 1 nitrogen and oxygen atoms in total. The van der Waals surface area contributed by atoms with E-state index in [0.717, 1.165) is 25.3 Å². The van der Waals surface area contributed by atoms with Crippen LogP contribution in [0, 0.1) is 11.6 Å². The maximum Gasteiger partial charge on any atom is 0.169 e. The number of hydrogen-bond acceptors (Lipinski definition) is 2. The Labute approximate surface area is 99.2 Å². The molecule has 0 bridgehead atoms. The second-order valence-corrected chi connectivity index (χ2v) is 4.32. The summed E-state index contributed by atoms with van der Waals surface area (Å²) >= 11 is 1.28. The van der Waals surface area contributed by atoms with Crippen LogP contribution in [-0.2, 0) is 0 Å². The molecule has 0 saturated heterocycles. The quantitative estimate of drug-likeness (QED) is 0.548. The summed E-state index contributed by atoms with van der Waals surface area (Å²) in [5.74, 6) is -1.02. The van der Waals surface area contributed by atoms with E-state index in [1.165, 1.54) is 17.8 Å². The normalized spacial score (nSPS) is 10.5. The molecule has 0 aliphatic heterocycles. The molecule has 0 fully saturated rings. The summed E-state index contributed by atoms with van der Waals surface area (Å²) in [6, 6.07) is 2.15. The Kier molecular flexibility index (Phi) is 5.60. The van der Waals surface area contributed by atoms with Crippen molar-refractivity contribution < 1.29 is 13.5 Å². The van der Waals surface area contributed by atoms with Crippen LogP contribution in [0.3, 0.4) is 0 Å². The molecule has 0 unspecified atom stereocenters. The Morgan fingerprint density at radius 3 is 2.62 bits per heavy atom. The Balaban J connectivity index is 2.70. The highest BCUT2D eigenvalue weighted by Gasteiger charge is 2.11. The summed E-state index contributed by atoms with van der Waals surface area (Å²) in [5.41, 5.74) is 0. The van der Waals surface area contributed by atoms with Crippen molar-refractivity contribution in [1.29, 1.82) is 0 Å². The molecule has 0 spiro atoms. The van der Waals surface area contributed by atoms with E-state index >= 15 is 0 Å². The summed E-state index contributed by atoms with van der Waals surface area (Å²) in [4.78, 5) is 0.508. The van der Waals surface area contributed by atoms with Gasteiger partial charge in [-0.2, -0.15) is 0 Å². The summed E-state index contributed by atoms with van der Waals surface area (Å²) < 4.78 is 31.7. The van der Waals surface area contributed by atoms with Gasteiger partial charge in [-0.05, 0) is 18.7 Å². The van der Waals surface area contributed by atoms with Gasteiger partial charge in [0.1, 0.15) is 5.82 Å². The fraction of sp³-hybridized carbons (Fsp3) is 0.500. The van der Waals surface area contributed by atoms with Gasteiger partial charge >= 0.3 is 0 Å². The molecule has 0 aromatic heterocycles. The van der Waals surface area contributed by atoms with Gasteiger partial charge in [0.25, 0.3) is 0 Å². The molecule has 0 atom stereocenters. The van der Waals surface area contributed by atoms with E-state index in [1.54, 1.807) is 6.26 Å². The molecule has 4 heteroatoms. The zero-order chi connectivity index (χ0) is 12.0. The van der Waals surface area contributed by atoms with Crippen molar-refractivity contribution >= 4 is 11.8 Å².